The minimum absolute atomic E-state index is 0.0365. The minimum atomic E-state index is 0.0365. The molecule has 3 heteroatoms. The Kier molecular flexibility index (Phi) is 5.30. The van der Waals surface area contributed by atoms with Gasteiger partial charge in [-0.1, -0.05) is 38.3 Å². The van der Waals surface area contributed by atoms with Gasteiger partial charge in [-0.15, -0.1) is 0 Å². The van der Waals surface area contributed by atoms with Crippen LogP contribution in [0.1, 0.15) is 50.6 Å². The molecule has 0 radical (unpaired) electrons. The SMILES string of the molecule is CCC1CCCC(C(N)c2cccc(OC)c2OC)C1. The highest BCUT2D eigenvalue weighted by atomic mass is 16.5. The van der Waals surface area contributed by atoms with E-state index < -0.39 is 0 Å². The second kappa shape index (κ2) is 6.98. The Hall–Kier alpha value is -1.22. The first kappa shape index (κ1) is 15.2. The molecule has 0 bridgehead atoms. The van der Waals surface area contributed by atoms with Gasteiger partial charge in [0, 0.05) is 11.6 Å². The number of ether oxygens (including phenoxy) is 2. The zero-order valence-electron chi connectivity index (χ0n) is 12.9. The fourth-order valence-corrected chi connectivity index (χ4v) is 3.46. The molecule has 0 saturated heterocycles. The summed E-state index contributed by atoms with van der Waals surface area (Å²) in [5.74, 6) is 2.94. The van der Waals surface area contributed by atoms with Crippen LogP contribution in [0.15, 0.2) is 18.2 Å². The van der Waals surface area contributed by atoms with Crippen LogP contribution in [0.3, 0.4) is 0 Å². The highest BCUT2D eigenvalue weighted by Crippen LogP contribution is 2.42. The first-order valence-corrected chi connectivity index (χ1v) is 7.67. The lowest BCUT2D eigenvalue weighted by atomic mass is 9.75. The van der Waals surface area contributed by atoms with Gasteiger partial charge < -0.3 is 15.2 Å². The smallest absolute Gasteiger partial charge is 0.165 e. The van der Waals surface area contributed by atoms with Crippen molar-refractivity contribution in [2.75, 3.05) is 14.2 Å². The highest BCUT2D eigenvalue weighted by molar-refractivity contribution is 5.48. The number of para-hydroxylation sites is 1. The summed E-state index contributed by atoms with van der Waals surface area (Å²) in [5, 5.41) is 0. The Morgan fingerprint density at radius 1 is 1.25 bits per heavy atom. The Balaban J connectivity index is 2.22. The van der Waals surface area contributed by atoms with Crippen molar-refractivity contribution in [3.63, 3.8) is 0 Å². The van der Waals surface area contributed by atoms with Crippen molar-refractivity contribution in [1.82, 2.24) is 0 Å². The normalized spacial score (nSPS) is 24.2. The predicted molar refractivity (Wildman–Crippen MR) is 82.2 cm³/mol. The third-order valence-electron chi connectivity index (χ3n) is 4.70. The van der Waals surface area contributed by atoms with Crippen molar-refractivity contribution < 1.29 is 9.47 Å². The standard InChI is InChI=1S/C17H27NO2/c1-4-12-7-5-8-13(11-12)16(18)14-9-6-10-15(19-2)17(14)20-3/h6,9-10,12-13,16H,4-5,7-8,11,18H2,1-3H3. The van der Waals surface area contributed by atoms with E-state index in [2.05, 4.69) is 13.0 Å². The third kappa shape index (κ3) is 3.09. The maximum absolute atomic E-state index is 6.55. The fourth-order valence-electron chi connectivity index (χ4n) is 3.46. The Labute approximate surface area is 122 Å². The van der Waals surface area contributed by atoms with E-state index in [0.717, 1.165) is 23.0 Å². The van der Waals surface area contributed by atoms with Crippen LogP contribution in [-0.2, 0) is 0 Å². The molecule has 0 aliphatic heterocycles. The summed E-state index contributed by atoms with van der Waals surface area (Å²) in [6.45, 7) is 2.28. The fraction of sp³-hybridized carbons (Fsp3) is 0.647. The number of benzene rings is 1. The first-order valence-electron chi connectivity index (χ1n) is 7.67. The number of hydrogen-bond acceptors (Lipinski definition) is 3. The summed E-state index contributed by atoms with van der Waals surface area (Å²) in [6, 6.07) is 6.03. The summed E-state index contributed by atoms with van der Waals surface area (Å²) < 4.78 is 10.9. The third-order valence-corrected chi connectivity index (χ3v) is 4.70. The van der Waals surface area contributed by atoms with Crippen LogP contribution >= 0.6 is 0 Å². The molecule has 0 aromatic heterocycles. The summed E-state index contributed by atoms with van der Waals surface area (Å²) in [5.41, 5.74) is 7.63. The van der Waals surface area contributed by atoms with E-state index in [4.69, 9.17) is 15.2 Å². The minimum Gasteiger partial charge on any atom is -0.493 e. The first-order chi connectivity index (χ1) is 9.71. The van der Waals surface area contributed by atoms with Gasteiger partial charge in [-0.05, 0) is 30.7 Å². The molecule has 3 unspecified atom stereocenters. The van der Waals surface area contributed by atoms with Crippen LogP contribution in [0.25, 0.3) is 0 Å². The van der Waals surface area contributed by atoms with E-state index in [1.165, 1.54) is 32.1 Å². The Morgan fingerprint density at radius 3 is 2.70 bits per heavy atom. The molecule has 1 aromatic carbocycles. The number of methoxy groups -OCH3 is 2. The summed E-state index contributed by atoms with van der Waals surface area (Å²) in [6.07, 6.45) is 6.37. The average Bonchev–Trinajstić information content (AvgIpc) is 2.53. The molecule has 1 saturated carbocycles. The molecule has 3 nitrogen and oxygen atoms in total. The quantitative estimate of drug-likeness (QED) is 0.887. The summed E-state index contributed by atoms with van der Waals surface area (Å²) in [4.78, 5) is 0. The number of nitrogens with two attached hydrogens (primary N) is 1. The van der Waals surface area contributed by atoms with Gasteiger partial charge in [0.05, 0.1) is 14.2 Å². The van der Waals surface area contributed by atoms with E-state index in [1.807, 2.05) is 12.1 Å². The van der Waals surface area contributed by atoms with Crippen LogP contribution in [0, 0.1) is 11.8 Å². The lowest BCUT2D eigenvalue weighted by molar-refractivity contribution is 0.227. The highest BCUT2D eigenvalue weighted by Gasteiger charge is 2.28. The summed E-state index contributed by atoms with van der Waals surface area (Å²) >= 11 is 0. The van der Waals surface area contributed by atoms with Gasteiger partial charge in [0.1, 0.15) is 0 Å². The van der Waals surface area contributed by atoms with E-state index in [1.54, 1.807) is 14.2 Å². The molecule has 0 heterocycles. The van der Waals surface area contributed by atoms with Crippen molar-refractivity contribution in [3.05, 3.63) is 23.8 Å². The largest absolute Gasteiger partial charge is 0.493 e. The van der Waals surface area contributed by atoms with Crippen molar-refractivity contribution >= 4 is 0 Å². The molecule has 1 aromatic rings. The van der Waals surface area contributed by atoms with Crippen molar-refractivity contribution in [2.45, 2.75) is 45.1 Å². The van der Waals surface area contributed by atoms with Gasteiger partial charge in [0.15, 0.2) is 11.5 Å². The molecule has 1 fully saturated rings. The van der Waals surface area contributed by atoms with E-state index in [-0.39, 0.29) is 6.04 Å². The van der Waals surface area contributed by atoms with Crippen LogP contribution in [-0.4, -0.2) is 14.2 Å². The second-order valence-electron chi connectivity index (χ2n) is 5.81. The number of hydrogen-bond donors (Lipinski definition) is 1. The molecule has 2 rings (SSSR count). The lowest BCUT2D eigenvalue weighted by Crippen LogP contribution is -2.27. The van der Waals surface area contributed by atoms with E-state index >= 15 is 0 Å². The molecule has 0 amide bonds. The van der Waals surface area contributed by atoms with Crippen LogP contribution < -0.4 is 15.2 Å². The molecule has 1 aliphatic carbocycles. The van der Waals surface area contributed by atoms with E-state index in [0.29, 0.717) is 5.92 Å². The van der Waals surface area contributed by atoms with Crippen molar-refractivity contribution in [2.24, 2.45) is 17.6 Å². The van der Waals surface area contributed by atoms with Crippen molar-refractivity contribution in [3.8, 4) is 11.5 Å². The van der Waals surface area contributed by atoms with Gasteiger partial charge >= 0.3 is 0 Å². The Morgan fingerprint density at radius 2 is 2.05 bits per heavy atom. The second-order valence-corrected chi connectivity index (χ2v) is 5.81. The van der Waals surface area contributed by atoms with Gasteiger partial charge in [-0.2, -0.15) is 0 Å². The van der Waals surface area contributed by atoms with Crippen LogP contribution in [0.5, 0.6) is 11.5 Å². The number of rotatable bonds is 5. The monoisotopic (exact) mass is 277 g/mol. The van der Waals surface area contributed by atoms with Crippen molar-refractivity contribution in [1.29, 1.82) is 0 Å². The molecular weight excluding hydrogens is 250 g/mol. The lowest BCUT2D eigenvalue weighted by Gasteiger charge is -2.33. The maximum Gasteiger partial charge on any atom is 0.165 e. The Bertz CT molecular complexity index is 433. The van der Waals surface area contributed by atoms with Crippen LogP contribution in [0.4, 0.5) is 0 Å². The van der Waals surface area contributed by atoms with Gasteiger partial charge in [0.25, 0.3) is 0 Å². The molecule has 112 valence electrons. The topological polar surface area (TPSA) is 44.5 Å². The molecular formula is C17H27NO2. The van der Waals surface area contributed by atoms with Gasteiger partial charge in [0.2, 0.25) is 0 Å². The molecule has 3 atom stereocenters. The predicted octanol–water partition coefficient (Wildman–Crippen LogP) is 3.92. The molecule has 0 spiro atoms. The zero-order valence-corrected chi connectivity index (χ0v) is 12.9. The van der Waals surface area contributed by atoms with Gasteiger partial charge in [-0.3, -0.25) is 0 Å². The van der Waals surface area contributed by atoms with Crippen LogP contribution in [0.2, 0.25) is 0 Å². The molecule has 2 N–H and O–H groups in total. The summed E-state index contributed by atoms with van der Waals surface area (Å²) in [7, 11) is 3.35. The van der Waals surface area contributed by atoms with E-state index in [9.17, 15) is 0 Å². The average molecular weight is 277 g/mol. The molecule has 1 aliphatic rings. The zero-order chi connectivity index (χ0) is 14.5. The molecule has 20 heavy (non-hydrogen) atoms. The van der Waals surface area contributed by atoms with Gasteiger partial charge in [-0.25, -0.2) is 0 Å². The maximum atomic E-state index is 6.55.